The Morgan fingerprint density at radius 2 is 1.73 bits per heavy atom. The Hall–Kier alpha value is -3.65. The van der Waals surface area contributed by atoms with Crippen LogP contribution >= 0.6 is 0 Å². The van der Waals surface area contributed by atoms with Gasteiger partial charge in [0, 0.05) is 11.1 Å². The van der Waals surface area contributed by atoms with Crippen LogP contribution in [-0.2, 0) is 10.0 Å². The van der Waals surface area contributed by atoms with Crippen molar-refractivity contribution >= 4 is 38.2 Å². The minimum Gasteiger partial charge on any atom is -0.321 e. The van der Waals surface area contributed by atoms with Gasteiger partial charge in [-0.15, -0.1) is 0 Å². The lowest BCUT2D eigenvalue weighted by Gasteiger charge is -2.13. The number of anilines is 2. The van der Waals surface area contributed by atoms with Crippen molar-refractivity contribution in [2.75, 3.05) is 10.0 Å². The number of aromatic nitrogens is 2. The number of nitrogens with zero attached hydrogens (tertiary/aromatic N) is 1. The van der Waals surface area contributed by atoms with Gasteiger partial charge < -0.3 is 5.32 Å². The zero-order valence-corrected chi connectivity index (χ0v) is 17.2. The highest BCUT2D eigenvalue weighted by Gasteiger charge is 2.17. The molecule has 0 bridgehead atoms. The maximum atomic E-state index is 12.8. The molecular formula is C22H20N4O3S. The predicted molar refractivity (Wildman–Crippen MR) is 117 cm³/mol. The summed E-state index contributed by atoms with van der Waals surface area (Å²) < 4.78 is 27.9. The molecule has 1 amide bonds. The van der Waals surface area contributed by atoms with E-state index in [9.17, 15) is 13.2 Å². The van der Waals surface area contributed by atoms with Crippen molar-refractivity contribution in [1.82, 2.24) is 10.2 Å². The first-order valence-electron chi connectivity index (χ1n) is 9.28. The normalized spacial score (nSPS) is 11.4. The molecule has 8 heteroatoms. The predicted octanol–water partition coefficient (Wildman–Crippen LogP) is 4.23. The van der Waals surface area contributed by atoms with Gasteiger partial charge >= 0.3 is 0 Å². The van der Waals surface area contributed by atoms with Crippen molar-refractivity contribution in [3.8, 4) is 0 Å². The lowest BCUT2D eigenvalue weighted by atomic mass is 10.1. The Kier molecular flexibility index (Phi) is 5.01. The third-order valence-corrected chi connectivity index (χ3v) is 6.11. The SMILES string of the molecule is Cc1ccc2[nH]nc(C(=O)Nc3ccc(C)c(NS(=O)(=O)c4ccccc4)c3)c2c1. The lowest BCUT2D eigenvalue weighted by Crippen LogP contribution is -2.15. The molecule has 0 aliphatic rings. The number of H-pyrrole nitrogens is 1. The van der Waals surface area contributed by atoms with E-state index >= 15 is 0 Å². The van der Waals surface area contributed by atoms with Crippen molar-refractivity contribution in [3.05, 3.63) is 83.6 Å². The number of sulfonamides is 1. The maximum Gasteiger partial charge on any atom is 0.276 e. The Balaban J connectivity index is 1.60. The highest BCUT2D eigenvalue weighted by atomic mass is 32.2. The van der Waals surface area contributed by atoms with Crippen LogP contribution in [0, 0.1) is 13.8 Å². The van der Waals surface area contributed by atoms with Crippen molar-refractivity contribution in [2.24, 2.45) is 0 Å². The Labute approximate surface area is 174 Å². The molecule has 7 nitrogen and oxygen atoms in total. The van der Waals surface area contributed by atoms with Crippen molar-refractivity contribution in [3.63, 3.8) is 0 Å². The van der Waals surface area contributed by atoms with E-state index < -0.39 is 10.0 Å². The van der Waals surface area contributed by atoms with E-state index in [0.717, 1.165) is 22.0 Å². The van der Waals surface area contributed by atoms with Gasteiger partial charge in [0.1, 0.15) is 0 Å². The van der Waals surface area contributed by atoms with Crippen LogP contribution in [0.3, 0.4) is 0 Å². The monoisotopic (exact) mass is 420 g/mol. The van der Waals surface area contributed by atoms with Gasteiger partial charge in [0.15, 0.2) is 5.69 Å². The number of benzene rings is 3. The number of aromatic amines is 1. The van der Waals surface area contributed by atoms with E-state index in [1.807, 2.05) is 25.1 Å². The molecule has 152 valence electrons. The minimum absolute atomic E-state index is 0.164. The molecule has 0 saturated heterocycles. The van der Waals surface area contributed by atoms with Gasteiger partial charge in [-0.05, 0) is 55.8 Å². The third kappa shape index (κ3) is 3.90. The largest absolute Gasteiger partial charge is 0.321 e. The van der Waals surface area contributed by atoms with E-state index in [1.165, 1.54) is 12.1 Å². The number of hydrogen-bond donors (Lipinski definition) is 3. The average Bonchev–Trinajstić information content (AvgIpc) is 3.14. The average molecular weight is 420 g/mol. The smallest absolute Gasteiger partial charge is 0.276 e. The summed E-state index contributed by atoms with van der Waals surface area (Å²) in [6, 6.07) is 18.9. The molecule has 0 fully saturated rings. The molecule has 0 aliphatic carbocycles. The van der Waals surface area contributed by atoms with Gasteiger partial charge in [0.2, 0.25) is 0 Å². The van der Waals surface area contributed by atoms with Crippen LogP contribution in [0.2, 0.25) is 0 Å². The topological polar surface area (TPSA) is 104 Å². The summed E-state index contributed by atoms with van der Waals surface area (Å²) in [5, 5.41) is 10.5. The summed E-state index contributed by atoms with van der Waals surface area (Å²) in [4.78, 5) is 12.9. The fraction of sp³-hybridized carbons (Fsp3) is 0.0909. The van der Waals surface area contributed by atoms with Crippen LogP contribution in [0.5, 0.6) is 0 Å². The molecule has 0 radical (unpaired) electrons. The second kappa shape index (κ2) is 7.64. The number of fused-ring (bicyclic) bond motifs is 1. The fourth-order valence-electron chi connectivity index (χ4n) is 3.10. The summed E-state index contributed by atoms with van der Waals surface area (Å²) in [5.41, 5.74) is 3.64. The molecule has 1 aromatic heterocycles. The van der Waals surface area contributed by atoms with Gasteiger partial charge in [-0.1, -0.05) is 35.9 Å². The lowest BCUT2D eigenvalue weighted by molar-refractivity contribution is 0.102. The number of carbonyl (C=O) groups is 1. The summed E-state index contributed by atoms with van der Waals surface area (Å²) in [6.45, 7) is 3.73. The molecule has 0 atom stereocenters. The number of aryl methyl sites for hydroxylation is 2. The maximum absolute atomic E-state index is 12.8. The molecule has 30 heavy (non-hydrogen) atoms. The van der Waals surface area contributed by atoms with Gasteiger partial charge in [-0.2, -0.15) is 5.10 Å². The third-order valence-electron chi connectivity index (χ3n) is 4.73. The number of carbonyl (C=O) groups excluding carboxylic acids is 1. The highest BCUT2D eigenvalue weighted by molar-refractivity contribution is 7.92. The Bertz CT molecular complexity index is 1350. The van der Waals surface area contributed by atoms with Gasteiger partial charge in [0.25, 0.3) is 15.9 Å². The zero-order chi connectivity index (χ0) is 21.3. The van der Waals surface area contributed by atoms with Crippen LogP contribution in [0.15, 0.2) is 71.6 Å². The molecule has 4 aromatic rings. The van der Waals surface area contributed by atoms with Crippen molar-refractivity contribution in [2.45, 2.75) is 18.7 Å². The van der Waals surface area contributed by atoms with Crippen LogP contribution in [0.25, 0.3) is 10.9 Å². The summed E-state index contributed by atoms with van der Waals surface area (Å²) in [6.07, 6.45) is 0. The standard InChI is InChI=1S/C22H20N4O3S/c1-14-8-11-19-18(12-14)21(25-24-19)22(27)23-16-10-9-15(2)20(13-16)26-30(28,29)17-6-4-3-5-7-17/h3-13,26H,1-2H3,(H,23,27)(H,24,25). The Morgan fingerprint density at radius 1 is 0.967 bits per heavy atom. The molecule has 0 unspecified atom stereocenters. The van der Waals surface area contributed by atoms with Gasteiger partial charge in [0.05, 0.1) is 16.1 Å². The first kappa shape index (κ1) is 19.7. The number of nitrogens with one attached hydrogen (secondary N) is 3. The number of rotatable bonds is 5. The van der Waals surface area contributed by atoms with Gasteiger partial charge in [-0.25, -0.2) is 8.42 Å². The van der Waals surface area contributed by atoms with E-state index in [0.29, 0.717) is 11.4 Å². The first-order chi connectivity index (χ1) is 14.3. The molecule has 3 N–H and O–H groups in total. The molecule has 0 saturated carbocycles. The van der Waals surface area contributed by atoms with E-state index in [2.05, 4.69) is 20.2 Å². The van der Waals surface area contributed by atoms with E-state index in [4.69, 9.17) is 0 Å². The molecular weight excluding hydrogens is 400 g/mol. The van der Waals surface area contributed by atoms with Crippen LogP contribution < -0.4 is 10.0 Å². The number of amides is 1. The van der Waals surface area contributed by atoms with Crippen LogP contribution in [-0.4, -0.2) is 24.5 Å². The summed E-state index contributed by atoms with van der Waals surface area (Å²) in [7, 11) is -3.74. The molecule has 3 aromatic carbocycles. The molecule has 0 aliphatic heterocycles. The summed E-state index contributed by atoms with van der Waals surface area (Å²) >= 11 is 0. The Morgan fingerprint density at radius 3 is 2.50 bits per heavy atom. The first-order valence-corrected chi connectivity index (χ1v) is 10.8. The second-order valence-electron chi connectivity index (χ2n) is 7.02. The fourth-order valence-corrected chi connectivity index (χ4v) is 4.25. The molecule has 0 spiro atoms. The minimum atomic E-state index is -3.74. The van der Waals surface area contributed by atoms with Crippen molar-refractivity contribution in [1.29, 1.82) is 0 Å². The van der Waals surface area contributed by atoms with Crippen LogP contribution in [0.1, 0.15) is 21.6 Å². The number of hydrogen-bond acceptors (Lipinski definition) is 4. The molecule has 4 rings (SSSR count). The van der Waals surface area contributed by atoms with Crippen LogP contribution in [0.4, 0.5) is 11.4 Å². The quantitative estimate of drug-likeness (QED) is 0.449. The van der Waals surface area contributed by atoms with E-state index in [-0.39, 0.29) is 16.5 Å². The highest BCUT2D eigenvalue weighted by Crippen LogP contribution is 2.25. The zero-order valence-electron chi connectivity index (χ0n) is 16.4. The summed E-state index contributed by atoms with van der Waals surface area (Å²) in [5.74, 6) is -0.382. The molecule has 1 heterocycles. The van der Waals surface area contributed by atoms with Gasteiger partial charge in [-0.3, -0.25) is 14.6 Å². The van der Waals surface area contributed by atoms with Crippen molar-refractivity contribution < 1.29 is 13.2 Å². The van der Waals surface area contributed by atoms with E-state index in [1.54, 1.807) is 43.3 Å². The second-order valence-corrected chi connectivity index (χ2v) is 8.71.